The maximum absolute atomic E-state index is 3.59. The molecule has 2 heterocycles. The summed E-state index contributed by atoms with van der Waals surface area (Å²) in [5.41, 5.74) is 0.500. The third-order valence-corrected chi connectivity index (χ3v) is 5.88. The van der Waals surface area contributed by atoms with Crippen LogP contribution in [0.5, 0.6) is 0 Å². The molecule has 3 rings (SSSR count). The highest BCUT2D eigenvalue weighted by Crippen LogP contribution is 2.39. The molecule has 1 aliphatic heterocycles. The van der Waals surface area contributed by atoms with Gasteiger partial charge in [0.05, 0.1) is 0 Å². The summed E-state index contributed by atoms with van der Waals surface area (Å²) in [5, 5.41) is 5.80. The third kappa shape index (κ3) is 3.04. The molecule has 0 amide bonds. The highest BCUT2D eigenvalue weighted by Gasteiger charge is 2.41. The van der Waals surface area contributed by atoms with Gasteiger partial charge in [-0.3, -0.25) is 4.90 Å². The molecule has 1 aromatic rings. The second-order valence-corrected chi connectivity index (χ2v) is 7.69. The first kappa shape index (κ1) is 13.6. The zero-order chi connectivity index (χ0) is 13.3. The van der Waals surface area contributed by atoms with Gasteiger partial charge < -0.3 is 5.32 Å². The molecule has 1 unspecified atom stereocenters. The molecule has 1 saturated carbocycles. The van der Waals surface area contributed by atoms with Crippen LogP contribution in [0.25, 0.3) is 0 Å². The molecule has 19 heavy (non-hydrogen) atoms. The third-order valence-electron chi connectivity index (χ3n) is 5.02. The zero-order valence-electron chi connectivity index (χ0n) is 12.2. The SMILES string of the molecule is CC(C)C1(CN(Cc2cccs2)C2CC2)CCNC1. The largest absolute Gasteiger partial charge is 0.316 e. The van der Waals surface area contributed by atoms with Gasteiger partial charge in [0.1, 0.15) is 0 Å². The fourth-order valence-electron chi connectivity index (χ4n) is 3.33. The van der Waals surface area contributed by atoms with Crippen LogP contribution in [0.15, 0.2) is 17.5 Å². The van der Waals surface area contributed by atoms with Gasteiger partial charge in [-0.25, -0.2) is 0 Å². The van der Waals surface area contributed by atoms with Gasteiger partial charge in [-0.2, -0.15) is 0 Å². The van der Waals surface area contributed by atoms with Crippen LogP contribution in [0, 0.1) is 11.3 Å². The normalized spacial score (nSPS) is 27.6. The molecule has 1 N–H and O–H groups in total. The number of hydrogen-bond donors (Lipinski definition) is 1. The Morgan fingerprint density at radius 3 is 2.84 bits per heavy atom. The minimum Gasteiger partial charge on any atom is -0.316 e. The minimum absolute atomic E-state index is 0.500. The molecular weight excluding hydrogens is 252 g/mol. The highest BCUT2D eigenvalue weighted by molar-refractivity contribution is 7.09. The molecule has 2 fully saturated rings. The Balaban J connectivity index is 1.70. The van der Waals surface area contributed by atoms with Crippen LogP contribution >= 0.6 is 11.3 Å². The van der Waals surface area contributed by atoms with Crippen molar-refractivity contribution in [2.45, 2.75) is 45.7 Å². The van der Waals surface area contributed by atoms with Gasteiger partial charge in [-0.05, 0) is 48.6 Å². The van der Waals surface area contributed by atoms with E-state index in [1.807, 2.05) is 11.3 Å². The molecule has 2 nitrogen and oxygen atoms in total. The first-order chi connectivity index (χ1) is 9.20. The summed E-state index contributed by atoms with van der Waals surface area (Å²) in [6, 6.07) is 5.33. The smallest absolute Gasteiger partial charge is 0.0331 e. The lowest BCUT2D eigenvalue weighted by Crippen LogP contribution is -2.43. The van der Waals surface area contributed by atoms with Crippen molar-refractivity contribution in [3.8, 4) is 0 Å². The van der Waals surface area contributed by atoms with Gasteiger partial charge in [-0.1, -0.05) is 19.9 Å². The van der Waals surface area contributed by atoms with Crippen LogP contribution in [-0.4, -0.2) is 30.6 Å². The van der Waals surface area contributed by atoms with Gasteiger partial charge in [0.15, 0.2) is 0 Å². The van der Waals surface area contributed by atoms with Crippen molar-refractivity contribution in [3.05, 3.63) is 22.4 Å². The van der Waals surface area contributed by atoms with Crippen LogP contribution in [0.1, 0.15) is 38.0 Å². The maximum Gasteiger partial charge on any atom is 0.0331 e. The summed E-state index contributed by atoms with van der Waals surface area (Å²) >= 11 is 1.90. The summed E-state index contributed by atoms with van der Waals surface area (Å²) in [6.45, 7) is 9.66. The van der Waals surface area contributed by atoms with E-state index < -0.39 is 0 Å². The lowest BCUT2D eigenvalue weighted by molar-refractivity contribution is 0.107. The number of nitrogens with zero attached hydrogens (tertiary/aromatic N) is 1. The Hall–Kier alpha value is -0.380. The van der Waals surface area contributed by atoms with Crippen LogP contribution in [0.3, 0.4) is 0 Å². The predicted octanol–water partition coefficient (Wildman–Crippen LogP) is 3.35. The van der Waals surface area contributed by atoms with Gasteiger partial charge in [0.25, 0.3) is 0 Å². The molecule has 0 bridgehead atoms. The van der Waals surface area contributed by atoms with Crippen molar-refractivity contribution in [1.29, 1.82) is 0 Å². The maximum atomic E-state index is 3.59. The van der Waals surface area contributed by atoms with E-state index in [9.17, 15) is 0 Å². The fraction of sp³-hybridized carbons (Fsp3) is 0.750. The molecule has 0 aromatic carbocycles. The molecule has 106 valence electrons. The van der Waals surface area contributed by atoms with Crippen molar-refractivity contribution >= 4 is 11.3 Å². The van der Waals surface area contributed by atoms with Gasteiger partial charge in [0.2, 0.25) is 0 Å². The van der Waals surface area contributed by atoms with Crippen LogP contribution < -0.4 is 5.32 Å². The van der Waals surface area contributed by atoms with E-state index in [0.717, 1.165) is 18.5 Å². The quantitative estimate of drug-likeness (QED) is 0.858. The first-order valence-electron chi connectivity index (χ1n) is 7.67. The fourth-order valence-corrected chi connectivity index (χ4v) is 4.06. The van der Waals surface area contributed by atoms with Crippen molar-refractivity contribution in [3.63, 3.8) is 0 Å². The summed E-state index contributed by atoms with van der Waals surface area (Å²) in [5.74, 6) is 0.770. The number of rotatable bonds is 6. The summed E-state index contributed by atoms with van der Waals surface area (Å²) < 4.78 is 0. The monoisotopic (exact) mass is 278 g/mol. The second kappa shape index (κ2) is 5.55. The molecule has 1 atom stereocenters. The number of nitrogens with one attached hydrogen (secondary N) is 1. The van der Waals surface area contributed by atoms with Crippen molar-refractivity contribution in [2.24, 2.45) is 11.3 Å². The molecule has 1 aliphatic carbocycles. The van der Waals surface area contributed by atoms with Gasteiger partial charge >= 0.3 is 0 Å². The molecule has 2 aliphatic rings. The molecule has 3 heteroatoms. The Morgan fingerprint density at radius 1 is 1.47 bits per heavy atom. The summed E-state index contributed by atoms with van der Waals surface area (Å²) in [4.78, 5) is 4.29. The van der Waals surface area contributed by atoms with E-state index in [1.165, 1.54) is 43.8 Å². The highest BCUT2D eigenvalue weighted by atomic mass is 32.1. The first-order valence-corrected chi connectivity index (χ1v) is 8.55. The zero-order valence-corrected chi connectivity index (χ0v) is 13.0. The number of hydrogen-bond acceptors (Lipinski definition) is 3. The lowest BCUT2D eigenvalue weighted by atomic mass is 9.76. The van der Waals surface area contributed by atoms with Crippen molar-refractivity contribution in [2.75, 3.05) is 19.6 Å². The standard InChI is InChI=1S/C16H26N2S/c1-13(2)16(7-8-17-11-16)12-18(14-5-6-14)10-15-4-3-9-19-15/h3-4,9,13-14,17H,5-8,10-12H2,1-2H3. The van der Waals surface area contributed by atoms with Gasteiger partial charge in [0, 0.05) is 30.6 Å². The Morgan fingerprint density at radius 2 is 2.32 bits per heavy atom. The van der Waals surface area contributed by atoms with Crippen LogP contribution in [-0.2, 0) is 6.54 Å². The van der Waals surface area contributed by atoms with Crippen molar-refractivity contribution in [1.82, 2.24) is 10.2 Å². The molecule has 0 radical (unpaired) electrons. The second-order valence-electron chi connectivity index (χ2n) is 6.66. The van der Waals surface area contributed by atoms with E-state index in [0.29, 0.717) is 5.41 Å². The van der Waals surface area contributed by atoms with E-state index >= 15 is 0 Å². The molecule has 1 aromatic heterocycles. The molecular formula is C16H26N2S. The van der Waals surface area contributed by atoms with Crippen molar-refractivity contribution < 1.29 is 0 Å². The van der Waals surface area contributed by atoms with Crippen LogP contribution in [0.4, 0.5) is 0 Å². The average molecular weight is 278 g/mol. The number of thiophene rings is 1. The van der Waals surface area contributed by atoms with Crippen LogP contribution in [0.2, 0.25) is 0 Å². The Kier molecular flexibility index (Phi) is 3.97. The topological polar surface area (TPSA) is 15.3 Å². The molecule has 0 spiro atoms. The Labute approximate surface area is 121 Å². The van der Waals surface area contributed by atoms with E-state index in [1.54, 1.807) is 0 Å². The van der Waals surface area contributed by atoms with E-state index in [-0.39, 0.29) is 0 Å². The van der Waals surface area contributed by atoms with E-state index in [2.05, 4.69) is 41.6 Å². The average Bonchev–Trinajstić information content (AvgIpc) is 2.90. The Bertz CT molecular complexity index is 389. The van der Waals surface area contributed by atoms with E-state index in [4.69, 9.17) is 0 Å². The molecule has 1 saturated heterocycles. The lowest BCUT2D eigenvalue weighted by Gasteiger charge is -2.38. The summed E-state index contributed by atoms with van der Waals surface area (Å²) in [7, 11) is 0. The van der Waals surface area contributed by atoms with Gasteiger partial charge in [-0.15, -0.1) is 11.3 Å². The minimum atomic E-state index is 0.500. The summed E-state index contributed by atoms with van der Waals surface area (Å²) in [6.07, 6.45) is 4.16. The predicted molar refractivity (Wildman–Crippen MR) is 82.5 cm³/mol.